The summed E-state index contributed by atoms with van der Waals surface area (Å²) in [5.74, 6) is 0. The van der Waals surface area contributed by atoms with Gasteiger partial charge < -0.3 is 0 Å². The third-order valence-electron chi connectivity index (χ3n) is 1.91. The van der Waals surface area contributed by atoms with Crippen molar-refractivity contribution < 1.29 is 4.39 Å². The molecule has 82 valence electrons. The number of nitrogens with zero attached hydrogens (tertiary/aromatic N) is 3. The van der Waals surface area contributed by atoms with Gasteiger partial charge in [0.2, 0.25) is 0 Å². The van der Waals surface area contributed by atoms with E-state index in [0.717, 1.165) is 23.0 Å². The van der Waals surface area contributed by atoms with Crippen molar-refractivity contribution in [2.45, 2.75) is 30.8 Å². The molecule has 0 saturated carbocycles. The zero-order valence-corrected chi connectivity index (χ0v) is 9.81. The van der Waals surface area contributed by atoms with Crippen LogP contribution in [0.2, 0.25) is 0 Å². The molecule has 0 aromatic carbocycles. The van der Waals surface area contributed by atoms with Gasteiger partial charge in [0.1, 0.15) is 11.1 Å². The molecule has 1 heterocycles. The molecule has 3 nitrogen and oxygen atoms in total. The van der Waals surface area contributed by atoms with E-state index in [2.05, 4.69) is 4.98 Å². The first-order chi connectivity index (χ1) is 7.58. The summed E-state index contributed by atoms with van der Waals surface area (Å²) in [6, 6.07) is 5.53. The van der Waals surface area contributed by atoms with Gasteiger partial charge in [-0.3, -0.25) is 0 Å². The molecule has 1 aromatic rings. The van der Waals surface area contributed by atoms with Crippen molar-refractivity contribution in [1.29, 1.82) is 10.5 Å². The minimum absolute atomic E-state index is 0.204. The Morgan fingerprint density at radius 1 is 1.50 bits per heavy atom. The summed E-state index contributed by atoms with van der Waals surface area (Å²) in [6.45, 7) is 3.57. The number of thioether (sulfide) groups is 1. The second-order valence-electron chi connectivity index (χ2n) is 3.26. The van der Waals surface area contributed by atoms with Gasteiger partial charge in [0.05, 0.1) is 18.1 Å². The maximum absolute atomic E-state index is 13.3. The quantitative estimate of drug-likeness (QED) is 0.756. The Bertz CT molecular complexity index is 473. The van der Waals surface area contributed by atoms with Gasteiger partial charge in [0.25, 0.3) is 0 Å². The lowest BCUT2D eigenvalue weighted by Crippen LogP contribution is -1.98. The first kappa shape index (κ1) is 12.5. The van der Waals surface area contributed by atoms with Crippen molar-refractivity contribution in [3.63, 3.8) is 0 Å². The lowest BCUT2D eigenvalue weighted by Gasteiger charge is -2.08. The number of hydrogen-bond donors (Lipinski definition) is 0. The number of hydrogen-bond acceptors (Lipinski definition) is 4. The van der Waals surface area contributed by atoms with Gasteiger partial charge in [-0.25, -0.2) is 9.37 Å². The van der Waals surface area contributed by atoms with Gasteiger partial charge in [0, 0.05) is 5.69 Å². The topological polar surface area (TPSA) is 60.5 Å². The van der Waals surface area contributed by atoms with Crippen molar-refractivity contribution >= 4 is 11.8 Å². The molecule has 1 unspecified atom stereocenters. The number of nitriles is 2. The van der Waals surface area contributed by atoms with Crippen LogP contribution in [0.5, 0.6) is 0 Å². The summed E-state index contributed by atoms with van der Waals surface area (Å²) >= 11 is 0.825. The molecule has 16 heavy (non-hydrogen) atoms. The van der Waals surface area contributed by atoms with Gasteiger partial charge >= 0.3 is 0 Å². The number of alkyl halides is 1. The number of rotatable bonds is 3. The molecule has 0 amide bonds. The van der Waals surface area contributed by atoms with Crippen molar-refractivity contribution in [2.75, 3.05) is 0 Å². The molecule has 1 atom stereocenters. The number of aryl methyl sites for hydroxylation is 2. The molecule has 0 bridgehead atoms. The highest BCUT2D eigenvalue weighted by atomic mass is 32.2. The summed E-state index contributed by atoms with van der Waals surface area (Å²) in [4.78, 5) is 4.12. The van der Waals surface area contributed by atoms with E-state index in [0.29, 0.717) is 10.6 Å². The first-order valence-electron chi connectivity index (χ1n) is 4.64. The Labute approximate surface area is 97.9 Å². The Morgan fingerprint density at radius 3 is 2.75 bits per heavy atom. The van der Waals surface area contributed by atoms with Crippen LogP contribution in [0.25, 0.3) is 0 Å². The smallest absolute Gasteiger partial charge is 0.164 e. The van der Waals surface area contributed by atoms with Crippen LogP contribution in [0, 0.1) is 36.5 Å². The van der Waals surface area contributed by atoms with E-state index in [1.54, 1.807) is 26.0 Å². The van der Waals surface area contributed by atoms with Gasteiger partial charge in [-0.2, -0.15) is 10.5 Å². The molecule has 0 aliphatic rings. The second kappa shape index (κ2) is 5.48. The Kier molecular flexibility index (Phi) is 4.28. The number of aromatic nitrogens is 1. The van der Waals surface area contributed by atoms with Crippen molar-refractivity contribution in [3.05, 3.63) is 22.9 Å². The molecule has 0 radical (unpaired) electrons. The van der Waals surface area contributed by atoms with Crippen LogP contribution >= 0.6 is 11.8 Å². The average Bonchev–Trinajstić information content (AvgIpc) is 2.17. The fourth-order valence-corrected chi connectivity index (χ4v) is 2.18. The fourth-order valence-electron chi connectivity index (χ4n) is 1.26. The Balaban J connectivity index is 3.04. The van der Waals surface area contributed by atoms with Gasteiger partial charge in [-0.1, -0.05) is 11.8 Å². The lowest BCUT2D eigenvalue weighted by atomic mass is 10.1. The largest absolute Gasteiger partial charge is 0.245 e. The van der Waals surface area contributed by atoms with E-state index in [-0.39, 0.29) is 6.42 Å². The monoisotopic (exact) mass is 235 g/mol. The SMILES string of the molecule is Cc1cc(C)c(C#N)c(SC(F)CC#N)n1. The summed E-state index contributed by atoms with van der Waals surface area (Å²) < 4.78 is 13.3. The molecule has 1 rings (SSSR count). The van der Waals surface area contributed by atoms with Crippen LogP contribution in [0.4, 0.5) is 4.39 Å². The predicted octanol–water partition coefficient (Wildman–Crippen LogP) is 2.87. The van der Waals surface area contributed by atoms with Gasteiger partial charge in [-0.05, 0) is 25.5 Å². The zero-order chi connectivity index (χ0) is 12.1. The zero-order valence-electron chi connectivity index (χ0n) is 8.99. The standard InChI is InChI=1S/C11H10FN3S/c1-7-5-8(2)15-11(9(7)6-14)16-10(12)3-4-13/h5,10H,3H2,1-2H3. The maximum atomic E-state index is 13.3. The van der Waals surface area contributed by atoms with Crippen LogP contribution in [-0.4, -0.2) is 10.5 Å². The van der Waals surface area contributed by atoms with Gasteiger partial charge in [-0.15, -0.1) is 0 Å². The molecule has 0 saturated heterocycles. The summed E-state index contributed by atoms with van der Waals surface area (Å²) in [6.07, 6.45) is -0.204. The van der Waals surface area contributed by atoms with E-state index in [1.807, 2.05) is 6.07 Å². The summed E-state index contributed by atoms with van der Waals surface area (Å²) in [7, 11) is 0. The minimum atomic E-state index is -1.34. The molecule has 5 heteroatoms. The Hall–Kier alpha value is -1.59. The highest BCUT2D eigenvalue weighted by Gasteiger charge is 2.15. The third-order valence-corrected chi connectivity index (χ3v) is 2.86. The molecule has 0 aliphatic carbocycles. The normalized spacial score (nSPS) is 11.6. The minimum Gasteiger partial charge on any atom is -0.245 e. The molecule has 0 spiro atoms. The van der Waals surface area contributed by atoms with Crippen molar-refractivity contribution in [1.82, 2.24) is 4.98 Å². The van der Waals surface area contributed by atoms with Crippen LogP contribution in [0.15, 0.2) is 11.1 Å². The summed E-state index contributed by atoms with van der Waals surface area (Å²) in [5.41, 5.74) is 0.562. The molecule has 0 aliphatic heterocycles. The first-order valence-corrected chi connectivity index (χ1v) is 5.52. The second-order valence-corrected chi connectivity index (χ2v) is 4.40. The van der Waals surface area contributed by atoms with Crippen molar-refractivity contribution in [3.8, 4) is 12.1 Å². The lowest BCUT2D eigenvalue weighted by molar-refractivity contribution is 0.459. The molecular weight excluding hydrogens is 225 g/mol. The number of pyridine rings is 1. The fraction of sp³-hybridized carbons (Fsp3) is 0.364. The van der Waals surface area contributed by atoms with E-state index in [4.69, 9.17) is 10.5 Å². The van der Waals surface area contributed by atoms with E-state index >= 15 is 0 Å². The molecule has 0 N–H and O–H groups in total. The molecule has 1 aromatic heterocycles. The van der Waals surface area contributed by atoms with Crippen molar-refractivity contribution in [2.24, 2.45) is 0 Å². The van der Waals surface area contributed by atoms with E-state index in [9.17, 15) is 4.39 Å². The van der Waals surface area contributed by atoms with E-state index in [1.165, 1.54) is 0 Å². The highest BCUT2D eigenvalue weighted by Crippen LogP contribution is 2.29. The molecular formula is C11H10FN3S. The van der Waals surface area contributed by atoms with Crippen LogP contribution in [-0.2, 0) is 0 Å². The Morgan fingerprint density at radius 2 is 2.19 bits per heavy atom. The van der Waals surface area contributed by atoms with Crippen LogP contribution in [0.1, 0.15) is 23.2 Å². The van der Waals surface area contributed by atoms with E-state index < -0.39 is 5.50 Å². The van der Waals surface area contributed by atoms with Crippen LogP contribution < -0.4 is 0 Å². The predicted molar refractivity (Wildman–Crippen MR) is 59.4 cm³/mol. The highest BCUT2D eigenvalue weighted by molar-refractivity contribution is 7.99. The number of halogens is 1. The molecule has 0 fully saturated rings. The van der Waals surface area contributed by atoms with Gasteiger partial charge in [0.15, 0.2) is 5.50 Å². The van der Waals surface area contributed by atoms with Crippen LogP contribution in [0.3, 0.4) is 0 Å². The average molecular weight is 235 g/mol. The maximum Gasteiger partial charge on any atom is 0.164 e. The summed E-state index contributed by atoms with van der Waals surface area (Å²) in [5, 5.41) is 17.7. The third kappa shape index (κ3) is 2.95.